The van der Waals surface area contributed by atoms with E-state index in [9.17, 15) is 9.59 Å². The van der Waals surface area contributed by atoms with Gasteiger partial charge in [0.25, 0.3) is 0 Å². The highest BCUT2D eigenvalue weighted by Crippen LogP contribution is 2.38. The molecule has 1 heterocycles. The monoisotopic (exact) mass is 376 g/mol. The summed E-state index contributed by atoms with van der Waals surface area (Å²) in [7, 11) is 0. The van der Waals surface area contributed by atoms with Crippen molar-refractivity contribution in [2.45, 2.75) is 46.8 Å². The summed E-state index contributed by atoms with van der Waals surface area (Å²) in [6.07, 6.45) is 0.894. The van der Waals surface area contributed by atoms with Crippen LogP contribution >= 0.6 is 0 Å². The Morgan fingerprint density at radius 1 is 0.786 bits per heavy atom. The maximum absolute atomic E-state index is 13.3. The number of ketones is 2. The van der Waals surface area contributed by atoms with Gasteiger partial charge in [0, 0.05) is 24.2 Å². The van der Waals surface area contributed by atoms with Crippen molar-refractivity contribution in [1.29, 1.82) is 0 Å². The van der Waals surface area contributed by atoms with Crippen LogP contribution in [0.15, 0.2) is 66.0 Å². The summed E-state index contributed by atoms with van der Waals surface area (Å²) >= 11 is 0. The van der Waals surface area contributed by atoms with Gasteiger partial charge in [-0.3, -0.25) is 9.59 Å². The molecule has 4 heteroatoms. The summed E-state index contributed by atoms with van der Waals surface area (Å²) in [5, 5.41) is 0. The van der Waals surface area contributed by atoms with Gasteiger partial charge in [0.1, 0.15) is 11.4 Å². The maximum atomic E-state index is 13.3. The average molecular weight is 377 g/mol. The fourth-order valence-electron chi connectivity index (χ4n) is 3.95. The molecular weight excluding hydrogens is 348 g/mol. The van der Waals surface area contributed by atoms with Gasteiger partial charge in [-0.05, 0) is 18.9 Å². The van der Waals surface area contributed by atoms with E-state index in [1.165, 1.54) is 0 Å². The van der Waals surface area contributed by atoms with E-state index < -0.39 is 0 Å². The smallest absolute Gasteiger partial charge is 0.212 e. The molecule has 4 nitrogen and oxygen atoms in total. The lowest BCUT2D eigenvalue weighted by Gasteiger charge is -2.31. The van der Waals surface area contributed by atoms with Crippen molar-refractivity contribution in [2.75, 3.05) is 6.54 Å². The first-order chi connectivity index (χ1) is 13.6. The Morgan fingerprint density at radius 2 is 1.29 bits per heavy atom. The summed E-state index contributed by atoms with van der Waals surface area (Å²) in [4.78, 5) is 30.6. The van der Waals surface area contributed by atoms with Crippen molar-refractivity contribution in [3.8, 4) is 0 Å². The number of carbonyl (C=O) groups excluding carboxylic acids is 2. The Balaban J connectivity index is 0.00000109. The SMILES string of the molecule is CC.CCCN1C2=C(C(=O)c3ccccc3C2=O)N(Cc2ccccc2)C1C. The van der Waals surface area contributed by atoms with Gasteiger partial charge in [-0.25, -0.2) is 0 Å². The molecule has 146 valence electrons. The molecule has 0 fully saturated rings. The fraction of sp³-hybridized carbons (Fsp3) is 0.333. The molecule has 2 aromatic rings. The minimum absolute atomic E-state index is 0.0256. The predicted octanol–water partition coefficient (Wildman–Crippen LogP) is 4.88. The molecule has 28 heavy (non-hydrogen) atoms. The van der Waals surface area contributed by atoms with E-state index in [1.807, 2.05) is 44.2 Å². The largest absolute Gasteiger partial charge is 0.346 e. The highest BCUT2D eigenvalue weighted by molar-refractivity contribution is 6.26. The molecule has 1 aliphatic heterocycles. The summed E-state index contributed by atoms with van der Waals surface area (Å²) in [5.74, 6) is -0.0809. The molecular formula is C24H28N2O2. The van der Waals surface area contributed by atoms with E-state index in [2.05, 4.69) is 35.8 Å². The van der Waals surface area contributed by atoms with Gasteiger partial charge in [0.15, 0.2) is 0 Å². The van der Waals surface area contributed by atoms with Gasteiger partial charge in [-0.15, -0.1) is 0 Å². The van der Waals surface area contributed by atoms with Crippen molar-refractivity contribution < 1.29 is 9.59 Å². The maximum Gasteiger partial charge on any atom is 0.212 e. The van der Waals surface area contributed by atoms with Gasteiger partial charge in [0.05, 0.1) is 6.17 Å². The lowest BCUT2D eigenvalue weighted by atomic mass is 9.90. The van der Waals surface area contributed by atoms with Crippen LogP contribution in [0.5, 0.6) is 0 Å². The molecule has 0 radical (unpaired) electrons. The van der Waals surface area contributed by atoms with Crippen molar-refractivity contribution in [3.63, 3.8) is 0 Å². The van der Waals surface area contributed by atoms with Crippen LogP contribution in [0.1, 0.15) is 60.4 Å². The van der Waals surface area contributed by atoms with Gasteiger partial charge >= 0.3 is 0 Å². The fourth-order valence-corrected chi connectivity index (χ4v) is 3.95. The molecule has 1 aliphatic carbocycles. The van der Waals surface area contributed by atoms with Gasteiger partial charge in [0.2, 0.25) is 11.6 Å². The van der Waals surface area contributed by atoms with Crippen molar-refractivity contribution in [3.05, 3.63) is 82.7 Å². The number of hydrogen-bond acceptors (Lipinski definition) is 4. The second-order valence-corrected chi connectivity index (χ2v) is 6.84. The Labute approximate surface area is 167 Å². The van der Waals surface area contributed by atoms with Crippen LogP contribution in [0.25, 0.3) is 0 Å². The number of Topliss-reactive ketones (excluding diaryl/α,β-unsaturated/α-hetero) is 2. The normalized spacial score (nSPS) is 17.9. The Morgan fingerprint density at radius 3 is 1.82 bits per heavy atom. The van der Waals surface area contributed by atoms with Crippen LogP contribution in [-0.2, 0) is 6.54 Å². The number of benzene rings is 2. The molecule has 0 amide bonds. The zero-order valence-electron chi connectivity index (χ0n) is 17.1. The molecule has 0 saturated heterocycles. The quantitative estimate of drug-likeness (QED) is 0.763. The van der Waals surface area contributed by atoms with Crippen molar-refractivity contribution in [1.82, 2.24) is 9.80 Å². The number of nitrogens with zero attached hydrogens (tertiary/aromatic N) is 2. The van der Waals surface area contributed by atoms with Crippen molar-refractivity contribution >= 4 is 11.6 Å². The summed E-state index contributed by atoms with van der Waals surface area (Å²) < 4.78 is 0. The molecule has 2 aliphatic rings. The second-order valence-electron chi connectivity index (χ2n) is 6.84. The first-order valence-corrected chi connectivity index (χ1v) is 10.1. The molecule has 0 bridgehead atoms. The predicted molar refractivity (Wildman–Crippen MR) is 112 cm³/mol. The second kappa shape index (κ2) is 8.42. The third-order valence-corrected chi connectivity index (χ3v) is 5.21. The molecule has 4 rings (SSSR count). The number of rotatable bonds is 4. The first-order valence-electron chi connectivity index (χ1n) is 10.1. The average Bonchev–Trinajstić information content (AvgIpc) is 3.01. The number of carbonyl (C=O) groups is 2. The van der Waals surface area contributed by atoms with Crippen LogP contribution < -0.4 is 0 Å². The third-order valence-electron chi connectivity index (χ3n) is 5.21. The van der Waals surface area contributed by atoms with Crippen LogP contribution in [0.2, 0.25) is 0 Å². The van der Waals surface area contributed by atoms with Gasteiger partial charge < -0.3 is 9.80 Å². The van der Waals surface area contributed by atoms with E-state index in [1.54, 1.807) is 12.1 Å². The number of allylic oxidation sites excluding steroid dienone is 2. The Kier molecular flexibility index (Phi) is 5.98. The minimum Gasteiger partial charge on any atom is -0.346 e. The van der Waals surface area contributed by atoms with Gasteiger partial charge in [-0.2, -0.15) is 0 Å². The van der Waals surface area contributed by atoms with Gasteiger partial charge in [-0.1, -0.05) is 75.4 Å². The zero-order chi connectivity index (χ0) is 20.3. The Bertz CT molecular complexity index is 902. The zero-order valence-corrected chi connectivity index (χ0v) is 17.1. The molecule has 1 unspecified atom stereocenters. The van der Waals surface area contributed by atoms with E-state index in [-0.39, 0.29) is 17.7 Å². The van der Waals surface area contributed by atoms with Crippen LogP contribution in [-0.4, -0.2) is 34.1 Å². The molecule has 0 spiro atoms. The lowest BCUT2D eigenvalue weighted by molar-refractivity contribution is 0.0949. The standard InChI is InChI=1S/C22H22N2O2.C2H6/c1-3-13-23-15(2)24(14-16-9-5-4-6-10-16)20-19(23)21(25)17-11-7-8-12-18(17)22(20)26;1-2/h4-12,15H,3,13-14H2,1-2H3;1-2H3. The molecule has 1 atom stereocenters. The van der Waals surface area contributed by atoms with E-state index in [4.69, 9.17) is 0 Å². The van der Waals surface area contributed by atoms with Crippen LogP contribution in [0.3, 0.4) is 0 Å². The summed E-state index contributed by atoms with van der Waals surface area (Å²) in [5.41, 5.74) is 3.28. The van der Waals surface area contributed by atoms with E-state index >= 15 is 0 Å². The molecule has 0 saturated carbocycles. The summed E-state index contributed by atoms with van der Waals surface area (Å²) in [6, 6.07) is 17.2. The summed E-state index contributed by atoms with van der Waals surface area (Å²) in [6.45, 7) is 9.53. The van der Waals surface area contributed by atoms with Crippen LogP contribution in [0, 0.1) is 0 Å². The highest BCUT2D eigenvalue weighted by atomic mass is 16.1. The first kappa shape index (κ1) is 19.9. The highest BCUT2D eigenvalue weighted by Gasteiger charge is 2.45. The molecule has 0 aromatic heterocycles. The number of fused-ring (bicyclic) bond motifs is 1. The molecule has 0 N–H and O–H groups in total. The topological polar surface area (TPSA) is 40.6 Å². The molecule has 2 aromatic carbocycles. The van der Waals surface area contributed by atoms with E-state index in [0.29, 0.717) is 29.1 Å². The third kappa shape index (κ3) is 3.24. The van der Waals surface area contributed by atoms with E-state index in [0.717, 1.165) is 18.5 Å². The Hall–Kier alpha value is -2.88. The van der Waals surface area contributed by atoms with Crippen LogP contribution in [0.4, 0.5) is 0 Å². The minimum atomic E-state index is -0.0448. The lowest BCUT2D eigenvalue weighted by Crippen LogP contribution is -2.39. The number of hydrogen-bond donors (Lipinski definition) is 0. The van der Waals surface area contributed by atoms with Crippen molar-refractivity contribution in [2.24, 2.45) is 0 Å².